The topological polar surface area (TPSA) is 74.8 Å². The number of sulfonamides is 1. The molecule has 5 nitrogen and oxygen atoms in total. The SMILES string of the molecule is CCc1ncc(S(=O)(=O)NC(C)CCBr)[nH]1. The molecular weight excluding hydrogens is 294 g/mol. The van der Waals surface area contributed by atoms with Crippen LogP contribution in [0, 0.1) is 0 Å². The number of nitrogens with one attached hydrogen (secondary N) is 2. The summed E-state index contributed by atoms with van der Waals surface area (Å²) in [7, 11) is -3.46. The molecule has 0 aromatic carbocycles. The Morgan fingerprint density at radius 2 is 2.31 bits per heavy atom. The minimum atomic E-state index is -3.46. The fraction of sp³-hybridized carbons (Fsp3) is 0.667. The number of imidazole rings is 1. The van der Waals surface area contributed by atoms with Crippen LogP contribution in [-0.4, -0.2) is 29.8 Å². The quantitative estimate of drug-likeness (QED) is 0.781. The molecule has 2 N–H and O–H groups in total. The molecule has 7 heteroatoms. The summed E-state index contributed by atoms with van der Waals surface area (Å²) < 4.78 is 26.3. The van der Waals surface area contributed by atoms with E-state index in [4.69, 9.17) is 0 Å². The molecule has 1 unspecified atom stereocenters. The van der Waals surface area contributed by atoms with E-state index in [2.05, 4.69) is 30.6 Å². The van der Waals surface area contributed by atoms with Crippen molar-refractivity contribution < 1.29 is 8.42 Å². The lowest BCUT2D eigenvalue weighted by atomic mass is 10.3. The van der Waals surface area contributed by atoms with Crippen LogP contribution < -0.4 is 4.72 Å². The van der Waals surface area contributed by atoms with Crippen LogP contribution in [0.25, 0.3) is 0 Å². The summed E-state index contributed by atoms with van der Waals surface area (Å²) >= 11 is 3.27. The first-order valence-corrected chi connectivity index (χ1v) is 7.72. The average molecular weight is 310 g/mol. The predicted octanol–water partition coefficient (Wildman–Crippen LogP) is 1.42. The third-order valence-electron chi connectivity index (χ3n) is 2.13. The molecular formula is C9H16BrN3O2S. The number of hydrogen-bond donors (Lipinski definition) is 2. The average Bonchev–Trinajstić information content (AvgIpc) is 2.65. The van der Waals surface area contributed by atoms with E-state index in [1.807, 2.05) is 13.8 Å². The molecule has 0 aliphatic rings. The maximum atomic E-state index is 11.8. The largest absolute Gasteiger partial charge is 0.332 e. The maximum absolute atomic E-state index is 11.8. The van der Waals surface area contributed by atoms with Gasteiger partial charge in [0.1, 0.15) is 5.82 Å². The van der Waals surface area contributed by atoms with Gasteiger partial charge in [-0.1, -0.05) is 22.9 Å². The molecule has 1 atom stereocenters. The van der Waals surface area contributed by atoms with E-state index in [0.29, 0.717) is 12.2 Å². The van der Waals surface area contributed by atoms with Gasteiger partial charge >= 0.3 is 0 Å². The number of H-pyrrole nitrogens is 1. The Kier molecular flexibility index (Phi) is 4.94. The number of alkyl halides is 1. The molecule has 0 fully saturated rings. The lowest BCUT2D eigenvalue weighted by Crippen LogP contribution is -2.33. The Morgan fingerprint density at radius 3 is 2.81 bits per heavy atom. The fourth-order valence-electron chi connectivity index (χ4n) is 1.21. The van der Waals surface area contributed by atoms with Crippen molar-refractivity contribution in [1.82, 2.24) is 14.7 Å². The van der Waals surface area contributed by atoms with Gasteiger partial charge in [-0.2, -0.15) is 0 Å². The second kappa shape index (κ2) is 5.79. The van der Waals surface area contributed by atoms with E-state index >= 15 is 0 Å². The highest BCUT2D eigenvalue weighted by molar-refractivity contribution is 9.09. The summed E-state index contributed by atoms with van der Waals surface area (Å²) in [5.74, 6) is 0.675. The van der Waals surface area contributed by atoms with Crippen LogP contribution in [-0.2, 0) is 16.4 Å². The third kappa shape index (κ3) is 3.57. The van der Waals surface area contributed by atoms with E-state index in [1.165, 1.54) is 6.20 Å². The molecule has 92 valence electrons. The van der Waals surface area contributed by atoms with E-state index in [-0.39, 0.29) is 11.1 Å². The lowest BCUT2D eigenvalue weighted by Gasteiger charge is -2.11. The van der Waals surface area contributed by atoms with Gasteiger partial charge in [0.2, 0.25) is 0 Å². The van der Waals surface area contributed by atoms with Gasteiger partial charge in [0.25, 0.3) is 10.0 Å². The van der Waals surface area contributed by atoms with E-state index in [0.717, 1.165) is 11.8 Å². The van der Waals surface area contributed by atoms with Gasteiger partial charge in [-0.15, -0.1) is 0 Å². The Balaban J connectivity index is 2.77. The van der Waals surface area contributed by atoms with E-state index in [1.54, 1.807) is 0 Å². The van der Waals surface area contributed by atoms with Gasteiger partial charge < -0.3 is 4.98 Å². The van der Waals surface area contributed by atoms with Gasteiger partial charge in [0.05, 0.1) is 6.20 Å². The molecule has 0 aliphatic heterocycles. The van der Waals surface area contributed by atoms with Crippen LogP contribution in [0.4, 0.5) is 0 Å². The standard InChI is InChI=1S/C9H16BrN3O2S/c1-3-8-11-6-9(12-8)16(14,15)13-7(2)4-5-10/h6-7,13H,3-5H2,1-2H3,(H,11,12). The predicted molar refractivity (Wildman–Crippen MR) is 66.2 cm³/mol. The minimum absolute atomic E-state index is 0.0993. The smallest absolute Gasteiger partial charge is 0.257 e. The van der Waals surface area contributed by atoms with Crippen molar-refractivity contribution in [2.24, 2.45) is 0 Å². The Hall–Kier alpha value is -0.400. The molecule has 0 saturated heterocycles. The summed E-state index contributed by atoms with van der Waals surface area (Å²) in [6.07, 6.45) is 2.78. The van der Waals surface area contributed by atoms with Crippen molar-refractivity contribution in [2.75, 3.05) is 5.33 Å². The van der Waals surface area contributed by atoms with Crippen molar-refractivity contribution >= 4 is 26.0 Å². The van der Waals surface area contributed by atoms with Gasteiger partial charge in [-0.05, 0) is 13.3 Å². The highest BCUT2D eigenvalue weighted by Crippen LogP contribution is 2.08. The summed E-state index contributed by atoms with van der Waals surface area (Å²) in [5, 5.41) is 0.894. The Bertz CT molecular complexity index is 430. The van der Waals surface area contributed by atoms with Crippen LogP contribution in [0.2, 0.25) is 0 Å². The van der Waals surface area contributed by atoms with E-state index < -0.39 is 10.0 Å². The first-order valence-electron chi connectivity index (χ1n) is 5.11. The van der Waals surface area contributed by atoms with Crippen LogP contribution in [0.1, 0.15) is 26.1 Å². The number of nitrogens with zero attached hydrogens (tertiary/aromatic N) is 1. The van der Waals surface area contributed by atoms with Crippen LogP contribution >= 0.6 is 15.9 Å². The second-order valence-corrected chi connectivity index (χ2v) is 6.02. The van der Waals surface area contributed by atoms with Gasteiger partial charge in [-0.25, -0.2) is 18.1 Å². The monoisotopic (exact) mass is 309 g/mol. The zero-order valence-electron chi connectivity index (χ0n) is 9.33. The first kappa shape index (κ1) is 13.7. The van der Waals surface area contributed by atoms with Gasteiger partial charge in [0, 0.05) is 17.8 Å². The highest BCUT2D eigenvalue weighted by atomic mass is 79.9. The van der Waals surface area contributed by atoms with Crippen molar-refractivity contribution in [2.45, 2.75) is 37.8 Å². The van der Waals surface area contributed by atoms with Crippen LogP contribution in [0.3, 0.4) is 0 Å². The van der Waals surface area contributed by atoms with Gasteiger partial charge in [0.15, 0.2) is 5.03 Å². The van der Waals surface area contributed by atoms with Crippen molar-refractivity contribution in [3.8, 4) is 0 Å². The molecule has 0 saturated carbocycles. The summed E-state index contributed by atoms with van der Waals surface area (Å²) in [6, 6.07) is -0.0993. The summed E-state index contributed by atoms with van der Waals surface area (Å²) in [5.41, 5.74) is 0. The normalized spacial score (nSPS) is 13.9. The molecule has 0 radical (unpaired) electrons. The summed E-state index contributed by atoms with van der Waals surface area (Å²) in [6.45, 7) is 3.74. The van der Waals surface area contributed by atoms with Crippen LogP contribution in [0.5, 0.6) is 0 Å². The number of aromatic amines is 1. The number of aromatic nitrogens is 2. The van der Waals surface area contributed by atoms with Crippen molar-refractivity contribution in [3.05, 3.63) is 12.0 Å². The number of rotatable bonds is 6. The molecule has 0 bridgehead atoms. The second-order valence-electron chi connectivity index (χ2n) is 3.55. The Morgan fingerprint density at radius 1 is 1.62 bits per heavy atom. The van der Waals surface area contributed by atoms with Crippen LogP contribution in [0.15, 0.2) is 11.2 Å². The molecule has 0 amide bonds. The zero-order chi connectivity index (χ0) is 12.2. The van der Waals surface area contributed by atoms with Crippen molar-refractivity contribution in [1.29, 1.82) is 0 Å². The number of aryl methyl sites for hydroxylation is 1. The maximum Gasteiger partial charge on any atom is 0.257 e. The minimum Gasteiger partial charge on any atom is -0.332 e. The molecule has 0 spiro atoms. The lowest BCUT2D eigenvalue weighted by molar-refractivity contribution is 0.554. The fourth-order valence-corrected chi connectivity index (χ4v) is 3.12. The molecule has 1 rings (SSSR count). The third-order valence-corrected chi connectivity index (χ3v) is 4.09. The number of halogens is 1. The highest BCUT2D eigenvalue weighted by Gasteiger charge is 2.19. The van der Waals surface area contributed by atoms with E-state index in [9.17, 15) is 8.42 Å². The van der Waals surface area contributed by atoms with Gasteiger partial charge in [-0.3, -0.25) is 0 Å². The molecule has 1 heterocycles. The first-order chi connectivity index (χ1) is 7.49. The number of hydrogen-bond acceptors (Lipinski definition) is 3. The zero-order valence-corrected chi connectivity index (χ0v) is 11.7. The Labute approximate surface area is 104 Å². The molecule has 1 aromatic rings. The molecule has 16 heavy (non-hydrogen) atoms. The van der Waals surface area contributed by atoms with Crippen molar-refractivity contribution in [3.63, 3.8) is 0 Å². The summed E-state index contributed by atoms with van der Waals surface area (Å²) in [4.78, 5) is 6.75. The molecule has 0 aliphatic carbocycles. The molecule has 1 aromatic heterocycles.